The van der Waals surface area contributed by atoms with Crippen molar-refractivity contribution in [3.05, 3.63) is 47.7 Å². The van der Waals surface area contributed by atoms with Crippen LogP contribution in [-0.4, -0.2) is 30.8 Å². The molecule has 0 radical (unpaired) electrons. The molecule has 3 rings (SSSR count). The quantitative estimate of drug-likeness (QED) is 0.820. The number of carbonyl (C=O) groups is 1. The van der Waals surface area contributed by atoms with Crippen LogP contribution in [0.25, 0.3) is 5.70 Å². The third-order valence-electron chi connectivity index (χ3n) is 3.90. The third-order valence-corrected chi connectivity index (χ3v) is 4.64. The summed E-state index contributed by atoms with van der Waals surface area (Å²) in [7, 11) is 1.66. The number of hydrazine groups is 1. The van der Waals surface area contributed by atoms with Crippen LogP contribution in [0, 0.1) is 5.92 Å². The van der Waals surface area contributed by atoms with Crippen molar-refractivity contribution >= 4 is 23.4 Å². The van der Waals surface area contributed by atoms with Crippen molar-refractivity contribution in [1.29, 1.82) is 0 Å². The van der Waals surface area contributed by atoms with Gasteiger partial charge in [-0.25, -0.2) is 0 Å². The lowest BCUT2D eigenvalue weighted by atomic mass is 10.1. The van der Waals surface area contributed by atoms with Crippen molar-refractivity contribution in [2.45, 2.75) is 17.7 Å². The molecule has 1 aromatic carbocycles. The predicted octanol–water partition coefficient (Wildman–Crippen LogP) is 2.61. The maximum atomic E-state index is 12.0. The van der Waals surface area contributed by atoms with Crippen molar-refractivity contribution < 1.29 is 4.79 Å². The van der Waals surface area contributed by atoms with Gasteiger partial charge in [0.15, 0.2) is 0 Å². The fraction of sp³-hybridized carbons (Fsp3) is 0.353. The second-order valence-electron chi connectivity index (χ2n) is 5.66. The number of rotatable bonds is 5. The highest BCUT2D eigenvalue weighted by molar-refractivity contribution is 7.98. The van der Waals surface area contributed by atoms with Crippen LogP contribution in [0.2, 0.25) is 0 Å². The minimum atomic E-state index is -0.0551. The van der Waals surface area contributed by atoms with Crippen molar-refractivity contribution in [2.24, 2.45) is 5.92 Å². The van der Waals surface area contributed by atoms with E-state index < -0.39 is 0 Å². The average molecular weight is 315 g/mol. The minimum absolute atomic E-state index is 0.0551. The molecule has 4 nitrogen and oxygen atoms in total. The molecule has 0 bridgehead atoms. The van der Waals surface area contributed by atoms with Gasteiger partial charge in [-0.3, -0.25) is 15.2 Å². The Morgan fingerprint density at radius 2 is 2.09 bits per heavy atom. The van der Waals surface area contributed by atoms with Gasteiger partial charge < -0.3 is 5.32 Å². The summed E-state index contributed by atoms with van der Waals surface area (Å²) in [5.74, 6) is 0.688. The molecule has 1 heterocycles. The van der Waals surface area contributed by atoms with E-state index >= 15 is 0 Å². The van der Waals surface area contributed by atoms with Gasteiger partial charge in [-0.2, -0.15) is 0 Å². The Bertz CT molecular complexity index is 617. The largest absolute Gasteiger partial charge is 0.355 e. The van der Waals surface area contributed by atoms with Gasteiger partial charge in [0.05, 0.1) is 11.3 Å². The molecule has 2 N–H and O–H groups in total. The Balaban J connectivity index is 1.85. The fourth-order valence-corrected chi connectivity index (χ4v) is 2.85. The average Bonchev–Trinajstić information content (AvgIpc) is 3.37. The van der Waals surface area contributed by atoms with Crippen molar-refractivity contribution in [3.63, 3.8) is 0 Å². The zero-order valence-corrected chi connectivity index (χ0v) is 13.7. The Morgan fingerprint density at radius 1 is 1.36 bits per heavy atom. The number of nitrogens with one attached hydrogen (secondary N) is 2. The van der Waals surface area contributed by atoms with Gasteiger partial charge in [0.2, 0.25) is 0 Å². The van der Waals surface area contributed by atoms with Gasteiger partial charge >= 0.3 is 0 Å². The molecular weight excluding hydrogens is 294 g/mol. The number of benzene rings is 1. The lowest BCUT2D eigenvalue weighted by Crippen LogP contribution is -2.38. The van der Waals surface area contributed by atoms with E-state index in [1.165, 1.54) is 17.7 Å². The van der Waals surface area contributed by atoms with Gasteiger partial charge in [-0.15, -0.1) is 11.8 Å². The molecule has 22 heavy (non-hydrogen) atoms. The molecule has 2 aliphatic rings. The maximum absolute atomic E-state index is 12.0. The SMILES string of the molecule is CNC(=O)C1=CN(CC2CC2)NC(c2ccc(SC)cc2)=C1. The molecule has 116 valence electrons. The summed E-state index contributed by atoms with van der Waals surface area (Å²) >= 11 is 1.72. The van der Waals surface area contributed by atoms with Gasteiger partial charge in [0.1, 0.15) is 0 Å². The van der Waals surface area contributed by atoms with Crippen LogP contribution in [0.1, 0.15) is 18.4 Å². The maximum Gasteiger partial charge on any atom is 0.252 e. The summed E-state index contributed by atoms with van der Waals surface area (Å²) in [6, 6.07) is 8.39. The van der Waals surface area contributed by atoms with Gasteiger partial charge in [-0.1, -0.05) is 12.1 Å². The van der Waals surface area contributed by atoms with Crippen molar-refractivity contribution in [1.82, 2.24) is 15.8 Å². The van der Waals surface area contributed by atoms with Crippen LogP contribution in [-0.2, 0) is 4.79 Å². The van der Waals surface area contributed by atoms with Gasteiger partial charge in [0, 0.05) is 24.7 Å². The van der Waals surface area contributed by atoms with E-state index in [9.17, 15) is 4.79 Å². The molecule has 0 atom stereocenters. The number of amides is 1. The molecule has 0 unspecified atom stereocenters. The Kier molecular flexibility index (Phi) is 4.43. The number of likely N-dealkylation sites (N-methyl/N-ethyl adjacent to an activating group) is 1. The number of thioether (sulfide) groups is 1. The van der Waals surface area contributed by atoms with E-state index in [1.807, 2.05) is 17.3 Å². The van der Waals surface area contributed by atoms with Gasteiger partial charge in [0.25, 0.3) is 5.91 Å². The molecule has 1 aliphatic heterocycles. The normalized spacial score (nSPS) is 17.5. The molecular formula is C17H21N3OS. The molecule has 1 fully saturated rings. The first-order valence-electron chi connectivity index (χ1n) is 7.53. The molecule has 5 heteroatoms. The fourth-order valence-electron chi connectivity index (χ4n) is 2.44. The summed E-state index contributed by atoms with van der Waals surface area (Å²) in [5, 5.41) is 4.75. The zero-order valence-electron chi connectivity index (χ0n) is 12.9. The summed E-state index contributed by atoms with van der Waals surface area (Å²) in [4.78, 5) is 13.2. The van der Waals surface area contributed by atoms with Gasteiger partial charge in [-0.05, 0) is 48.8 Å². The van der Waals surface area contributed by atoms with E-state index in [0.717, 1.165) is 23.7 Å². The smallest absolute Gasteiger partial charge is 0.252 e. The second kappa shape index (κ2) is 6.48. The molecule has 1 aliphatic carbocycles. The lowest BCUT2D eigenvalue weighted by molar-refractivity contribution is -0.116. The first-order chi connectivity index (χ1) is 10.7. The number of hydrogen-bond donors (Lipinski definition) is 2. The van der Waals surface area contributed by atoms with E-state index in [1.54, 1.807) is 18.8 Å². The van der Waals surface area contributed by atoms with Crippen LogP contribution in [0.4, 0.5) is 0 Å². The highest BCUT2D eigenvalue weighted by atomic mass is 32.2. The van der Waals surface area contributed by atoms with E-state index in [0.29, 0.717) is 5.57 Å². The predicted molar refractivity (Wildman–Crippen MR) is 90.9 cm³/mol. The molecule has 0 saturated heterocycles. The first-order valence-corrected chi connectivity index (χ1v) is 8.75. The summed E-state index contributed by atoms with van der Waals surface area (Å²) in [5.41, 5.74) is 6.16. The highest BCUT2D eigenvalue weighted by Crippen LogP contribution is 2.31. The number of hydrogen-bond acceptors (Lipinski definition) is 4. The molecule has 1 saturated carbocycles. The summed E-state index contributed by atoms with van der Waals surface area (Å²) in [6.45, 7) is 0.945. The van der Waals surface area contributed by atoms with E-state index in [2.05, 4.69) is 41.3 Å². The second-order valence-corrected chi connectivity index (χ2v) is 6.54. The number of carbonyl (C=O) groups excluding carboxylic acids is 1. The van der Waals surface area contributed by atoms with E-state index in [-0.39, 0.29) is 5.91 Å². The van der Waals surface area contributed by atoms with Crippen molar-refractivity contribution in [3.8, 4) is 0 Å². The highest BCUT2D eigenvalue weighted by Gasteiger charge is 2.26. The number of nitrogens with zero attached hydrogens (tertiary/aromatic N) is 1. The molecule has 1 amide bonds. The van der Waals surface area contributed by atoms with Crippen LogP contribution in [0.15, 0.2) is 47.0 Å². The van der Waals surface area contributed by atoms with Crippen LogP contribution >= 0.6 is 11.8 Å². The lowest BCUT2D eigenvalue weighted by Gasteiger charge is -2.29. The Hall–Kier alpha value is -1.88. The van der Waals surface area contributed by atoms with Crippen LogP contribution in [0.3, 0.4) is 0 Å². The molecule has 0 aromatic heterocycles. The van der Waals surface area contributed by atoms with Crippen molar-refractivity contribution in [2.75, 3.05) is 19.8 Å². The van der Waals surface area contributed by atoms with Crippen LogP contribution < -0.4 is 10.7 Å². The topological polar surface area (TPSA) is 44.4 Å². The third kappa shape index (κ3) is 3.47. The standard InChI is InChI=1S/C17H21N3OS/c1-18-17(21)14-9-16(13-5-7-15(22-2)8-6-13)19-20(11-14)10-12-3-4-12/h5-9,11-12,19H,3-4,10H2,1-2H3,(H,18,21). The first kappa shape index (κ1) is 15.0. The Morgan fingerprint density at radius 3 is 2.68 bits per heavy atom. The zero-order chi connectivity index (χ0) is 15.5. The van der Waals surface area contributed by atoms with Crippen LogP contribution in [0.5, 0.6) is 0 Å². The Labute approximate surface area is 135 Å². The minimum Gasteiger partial charge on any atom is -0.355 e. The van der Waals surface area contributed by atoms with E-state index in [4.69, 9.17) is 0 Å². The summed E-state index contributed by atoms with van der Waals surface area (Å²) < 4.78 is 0. The summed E-state index contributed by atoms with van der Waals surface area (Å²) in [6.07, 6.45) is 8.44. The monoisotopic (exact) mass is 315 g/mol. The molecule has 1 aromatic rings. The molecule has 0 spiro atoms.